The van der Waals surface area contributed by atoms with Crippen molar-refractivity contribution in [3.63, 3.8) is 0 Å². The second-order valence-corrected chi connectivity index (χ2v) is 4.50. The SMILES string of the molecule is Cc1cc(O)ccc1NC(=O)Nc1cccs1. The highest BCUT2D eigenvalue weighted by Crippen LogP contribution is 2.21. The first-order valence-electron chi connectivity index (χ1n) is 5.06. The van der Waals surface area contributed by atoms with E-state index < -0.39 is 0 Å². The zero-order valence-electron chi connectivity index (χ0n) is 9.23. The van der Waals surface area contributed by atoms with Gasteiger partial charge in [-0.3, -0.25) is 5.32 Å². The van der Waals surface area contributed by atoms with Crippen LogP contribution in [0.15, 0.2) is 35.7 Å². The molecular formula is C12H12N2O2S. The molecule has 0 radical (unpaired) electrons. The van der Waals surface area contributed by atoms with Gasteiger partial charge < -0.3 is 10.4 Å². The molecule has 1 heterocycles. The summed E-state index contributed by atoms with van der Waals surface area (Å²) in [5.41, 5.74) is 1.49. The van der Waals surface area contributed by atoms with Crippen LogP contribution in [0, 0.1) is 6.92 Å². The quantitative estimate of drug-likeness (QED) is 0.713. The number of hydrogen-bond acceptors (Lipinski definition) is 3. The van der Waals surface area contributed by atoms with Crippen molar-refractivity contribution in [1.29, 1.82) is 0 Å². The summed E-state index contributed by atoms with van der Waals surface area (Å²) in [5, 5.41) is 17.4. The van der Waals surface area contributed by atoms with Crippen LogP contribution in [0.5, 0.6) is 5.75 Å². The van der Waals surface area contributed by atoms with Crippen molar-refractivity contribution in [2.75, 3.05) is 10.6 Å². The van der Waals surface area contributed by atoms with Crippen molar-refractivity contribution in [2.24, 2.45) is 0 Å². The lowest BCUT2D eigenvalue weighted by atomic mass is 10.2. The Morgan fingerprint density at radius 3 is 2.76 bits per heavy atom. The molecule has 5 heteroatoms. The first-order chi connectivity index (χ1) is 8.15. The number of rotatable bonds is 2. The summed E-state index contributed by atoms with van der Waals surface area (Å²) >= 11 is 1.46. The van der Waals surface area contributed by atoms with Crippen LogP contribution in [0.25, 0.3) is 0 Å². The van der Waals surface area contributed by atoms with E-state index in [-0.39, 0.29) is 11.8 Å². The summed E-state index contributed by atoms with van der Waals surface area (Å²) in [6.07, 6.45) is 0. The molecule has 0 fully saturated rings. The summed E-state index contributed by atoms with van der Waals surface area (Å²) in [6.45, 7) is 1.82. The fourth-order valence-electron chi connectivity index (χ4n) is 1.40. The molecule has 0 saturated carbocycles. The van der Waals surface area contributed by atoms with Gasteiger partial charge in [-0.15, -0.1) is 11.3 Å². The minimum atomic E-state index is -0.291. The van der Waals surface area contributed by atoms with Gasteiger partial charge in [-0.05, 0) is 48.2 Å². The Kier molecular flexibility index (Phi) is 3.30. The molecule has 0 aliphatic heterocycles. The number of hydrogen-bond donors (Lipinski definition) is 3. The van der Waals surface area contributed by atoms with Gasteiger partial charge in [0.1, 0.15) is 5.75 Å². The fourth-order valence-corrected chi connectivity index (χ4v) is 2.02. The van der Waals surface area contributed by atoms with Crippen molar-refractivity contribution in [1.82, 2.24) is 0 Å². The van der Waals surface area contributed by atoms with E-state index in [1.807, 2.05) is 24.4 Å². The van der Waals surface area contributed by atoms with Crippen LogP contribution in [-0.2, 0) is 0 Å². The molecule has 17 heavy (non-hydrogen) atoms. The van der Waals surface area contributed by atoms with E-state index >= 15 is 0 Å². The normalized spacial score (nSPS) is 9.94. The van der Waals surface area contributed by atoms with Crippen LogP contribution < -0.4 is 10.6 Å². The zero-order chi connectivity index (χ0) is 12.3. The second-order valence-electron chi connectivity index (χ2n) is 3.56. The number of anilines is 2. The first-order valence-corrected chi connectivity index (χ1v) is 5.94. The van der Waals surface area contributed by atoms with Gasteiger partial charge in [-0.2, -0.15) is 0 Å². The molecule has 0 aliphatic carbocycles. The number of urea groups is 1. The molecule has 4 nitrogen and oxygen atoms in total. The highest BCUT2D eigenvalue weighted by Gasteiger charge is 2.05. The number of amides is 2. The second kappa shape index (κ2) is 4.88. The molecule has 3 N–H and O–H groups in total. The maximum absolute atomic E-state index is 11.6. The number of phenols is 1. The van der Waals surface area contributed by atoms with Gasteiger partial charge in [0.15, 0.2) is 0 Å². The molecular weight excluding hydrogens is 236 g/mol. The zero-order valence-corrected chi connectivity index (χ0v) is 10.0. The van der Waals surface area contributed by atoms with E-state index in [2.05, 4.69) is 10.6 Å². The molecule has 2 rings (SSSR count). The summed E-state index contributed by atoms with van der Waals surface area (Å²) in [7, 11) is 0. The Balaban J connectivity index is 2.03. The maximum Gasteiger partial charge on any atom is 0.324 e. The van der Waals surface area contributed by atoms with Crippen LogP contribution >= 0.6 is 11.3 Å². The van der Waals surface area contributed by atoms with Crippen molar-refractivity contribution in [2.45, 2.75) is 6.92 Å². The Morgan fingerprint density at radius 1 is 1.29 bits per heavy atom. The lowest BCUT2D eigenvalue weighted by Crippen LogP contribution is -2.19. The monoisotopic (exact) mass is 248 g/mol. The van der Waals surface area contributed by atoms with Gasteiger partial charge in [0.25, 0.3) is 0 Å². The van der Waals surface area contributed by atoms with Crippen LogP contribution in [0.1, 0.15) is 5.56 Å². The average molecular weight is 248 g/mol. The van der Waals surface area contributed by atoms with Crippen molar-refractivity contribution in [3.8, 4) is 5.75 Å². The molecule has 1 aromatic heterocycles. The van der Waals surface area contributed by atoms with Crippen LogP contribution in [0.4, 0.5) is 15.5 Å². The summed E-state index contributed by atoms with van der Waals surface area (Å²) < 4.78 is 0. The molecule has 0 atom stereocenters. The predicted octanol–water partition coefficient (Wildman–Crippen LogP) is 3.41. The minimum absolute atomic E-state index is 0.187. The number of phenolic OH excluding ortho intramolecular Hbond substituents is 1. The Hall–Kier alpha value is -2.01. The highest BCUT2D eigenvalue weighted by molar-refractivity contribution is 7.14. The van der Waals surface area contributed by atoms with Crippen LogP contribution in [0.2, 0.25) is 0 Å². The molecule has 1 aromatic carbocycles. The van der Waals surface area contributed by atoms with Crippen LogP contribution in [-0.4, -0.2) is 11.1 Å². The molecule has 2 aromatic rings. The van der Waals surface area contributed by atoms with Crippen molar-refractivity contribution < 1.29 is 9.90 Å². The Labute approximate surface area is 103 Å². The third-order valence-corrected chi connectivity index (χ3v) is 3.00. The fraction of sp³-hybridized carbons (Fsp3) is 0.0833. The largest absolute Gasteiger partial charge is 0.508 e. The molecule has 0 unspecified atom stereocenters. The van der Waals surface area contributed by atoms with Gasteiger partial charge in [-0.1, -0.05) is 0 Å². The van der Waals surface area contributed by atoms with Gasteiger partial charge in [0, 0.05) is 5.69 Å². The number of aryl methyl sites for hydroxylation is 1. The Bertz CT molecular complexity index is 523. The lowest BCUT2D eigenvalue weighted by Gasteiger charge is -2.08. The number of carbonyl (C=O) groups excluding carboxylic acids is 1. The molecule has 0 aliphatic rings. The number of thiophene rings is 1. The van der Waals surface area contributed by atoms with E-state index in [0.717, 1.165) is 10.6 Å². The Morgan fingerprint density at radius 2 is 2.12 bits per heavy atom. The standard InChI is InChI=1S/C12H12N2O2S/c1-8-7-9(15)4-5-10(8)13-12(16)14-11-3-2-6-17-11/h2-7,15H,1H3,(H2,13,14,16). The smallest absolute Gasteiger partial charge is 0.324 e. The first kappa shape index (κ1) is 11.5. The van der Waals surface area contributed by atoms with E-state index in [4.69, 9.17) is 0 Å². The molecule has 88 valence electrons. The molecule has 0 bridgehead atoms. The van der Waals surface area contributed by atoms with Crippen molar-refractivity contribution in [3.05, 3.63) is 41.3 Å². The average Bonchev–Trinajstić information content (AvgIpc) is 2.75. The van der Waals surface area contributed by atoms with E-state index in [0.29, 0.717) is 5.69 Å². The molecule has 0 spiro atoms. The van der Waals surface area contributed by atoms with Gasteiger partial charge in [0.2, 0.25) is 0 Å². The highest BCUT2D eigenvalue weighted by atomic mass is 32.1. The number of nitrogens with one attached hydrogen (secondary N) is 2. The summed E-state index contributed by atoms with van der Waals surface area (Å²) in [4.78, 5) is 11.6. The topological polar surface area (TPSA) is 61.4 Å². The number of carbonyl (C=O) groups is 1. The number of aromatic hydroxyl groups is 1. The minimum Gasteiger partial charge on any atom is -0.508 e. The lowest BCUT2D eigenvalue weighted by molar-refractivity contribution is 0.262. The molecule has 0 saturated heterocycles. The maximum atomic E-state index is 11.6. The van der Waals surface area contributed by atoms with E-state index in [1.165, 1.54) is 17.4 Å². The predicted molar refractivity (Wildman–Crippen MR) is 69.8 cm³/mol. The van der Waals surface area contributed by atoms with Gasteiger partial charge in [-0.25, -0.2) is 4.79 Å². The molecule has 2 amide bonds. The third kappa shape index (κ3) is 2.98. The van der Waals surface area contributed by atoms with Crippen molar-refractivity contribution >= 4 is 28.1 Å². The van der Waals surface area contributed by atoms with Crippen LogP contribution in [0.3, 0.4) is 0 Å². The van der Waals surface area contributed by atoms with E-state index in [1.54, 1.807) is 12.1 Å². The number of benzene rings is 1. The van der Waals surface area contributed by atoms with Gasteiger partial charge in [0.05, 0.1) is 5.00 Å². The summed E-state index contributed by atoms with van der Waals surface area (Å²) in [6, 6.07) is 8.20. The van der Waals surface area contributed by atoms with Gasteiger partial charge >= 0.3 is 6.03 Å². The third-order valence-electron chi connectivity index (χ3n) is 2.22. The van der Waals surface area contributed by atoms with E-state index in [9.17, 15) is 9.90 Å². The summed E-state index contributed by atoms with van der Waals surface area (Å²) in [5.74, 6) is 0.187.